The molecule has 6 rings (SSSR count). The summed E-state index contributed by atoms with van der Waals surface area (Å²) in [6.45, 7) is 1.48. The molecule has 1 spiro atoms. The predicted octanol–water partition coefficient (Wildman–Crippen LogP) is 3.34. The van der Waals surface area contributed by atoms with E-state index in [0.717, 1.165) is 11.3 Å². The van der Waals surface area contributed by atoms with Crippen LogP contribution in [0.3, 0.4) is 0 Å². The fourth-order valence-corrected chi connectivity index (χ4v) is 8.55. The fraction of sp³-hybridized carbons (Fsp3) is 0.478. The van der Waals surface area contributed by atoms with Crippen molar-refractivity contribution in [2.75, 3.05) is 34.4 Å². The summed E-state index contributed by atoms with van der Waals surface area (Å²) in [6, 6.07) is 18.4. The van der Waals surface area contributed by atoms with Crippen molar-refractivity contribution in [1.82, 2.24) is 9.80 Å². The van der Waals surface area contributed by atoms with Gasteiger partial charge >= 0.3 is 0 Å². The summed E-state index contributed by atoms with van der Waals surface area (Å²) in [6.07, 6.45) is -0.781. The van der Waals surface area contributed by atoms with Gasteiger partial charge in [0, 0.05) is 0 Å². The lowest BCUT2D eigenvalue weighted by Crippen LogP contribution is -2.82. The Morgan fingerprint density at radius 1 is 1.06 bits per heavy atom. The highest BCUT2D eigenvalue weighted by atomic mass is 32.2. The van der Waals surface area contributed by atoms with Gasteiger partial charge in [0.1, 0.15) is 27.9 Å². The van der Waals surface area contributed by atoms with Crippen LogP contribution in [0, 0.1) is 0 Å². The highest BCUT2D eigenvalue weighted by Crippen LogP contribution is 2.65. The largest absolute Gasteiger partial charge is 0.497 e. The van der Waals surface area contributed by atoms with Gasteiger partial charge in [-0.25, -0.2) is 0 Å². The lowest BCUT2D eigenvalue weighted by Gasteiger charge is -2.64. The molecular weight excluding hydrogens is 432 g/mol. The number of likely N-dealkylation sites (N-methyl/N-ethyl adjacent to an activating group) is 2. The molecule has 2 bridgehead atoms. The number of ether oxygens (including phenoxy) is 3. The van der Waals surface area contributed by atoms with E-state index >= 15 is 0 Å². The van der Waals surface area contributed by atoms with Crippen molar-refractivity contribution in [3.8, 4) is 5.75 Å². The molecule has 0 aromatic heterocycles. The normalized spacial score (nSPS) is 35.3. The Balaban J connectivity index is 1.46. The molecule has 4 saturated heterocycles. The van der Waals surface area contributed by atoms with Crippen LogP contribution in [0.1, 0.15) is 15.7 Å². The van der Waals surface area contributed by atoms with Gasteiger partial charge in [0.2, 0.25) is 0 Å². The van der Waals surface area contributed by atoms with Crippen LogP contribution >= 0.6 is 23.5 Å². The molecule has 0 saturated carbocycles. The van der Waals surface area contributed by atoms with Gasteiger partial charge in [-0.3, -0.25) is 9.80 Å². The minimum atomic E-state index is -0.686. The lowest BCUT2D eigenvalue weighted by molar-refractivity contribution is -0.303. The van der Waals surface area contributed by atoms with Crippen LogP contribution in [0.2, 0.25) is 0 Å². The first kappa shape index (κ1) is 21.6. The maximum atomic E-state index is 11.5. The van der Waals surface area contributed by atoms with E-state index in [1.165, 1.54) is 5.56 Å². The zero-order chi connectivity index (χ0) is 21.6. The molecule has 4 aliphatic rings. The van der Waals surface area contributed by atoms with Crippen LogP contribution in [0.5, 0.6) is 5.75 Å². The first-order chi connectivity index (χ1) is 15.0. The summed E-state index contributed by atoms with van der Waals surface area (Å²) in [7, 11) is 5.73. The summed E-state index contributed by atoms with van der Waals surface area (Å²) in [4.78, 5) is 3.33. The number of benzene rings is 2. The maximum Gasteiger partial charge on any atom is 0.142 e. The second-order valence-electron chi connectivity index (χ2n) is 8.27. The molecule has 5 atom stereocenters. The van der Waals surface area contributed by atoms with Gasteiger partial charge in [-0.05, 0) is 37.4 Å². The van der Waals surface area contributed by atoms with E-state index in [2.05, 4.69) is 34.1 Å². The van der Waals surface area contributed by atoms with Gasteiger partial charge in [0.25, 0.3) is 0 Å². The molecule has 8 heteroatoms. The number of aliphatic hydroxyl groups excluding tert-OH is 1. The average molecular weight is 461 g/mol. The zero-order valence-electron chi connectivity index (χ0n) is 17.9. The third-order valence-corrected chi connectivity index (χ3v) is 10.2. The van der Waals surface area contributed by atoms with Gasteiger partial charge in [-0.2, -0.15) is 0 Å². The molecule has 4 fully saturated rings. The highest BCUT2D eigenvalue weighted by Gasteiger charge is 2.70. The molecule has 4 heterocycles. The van der Waals surface area contributed by atoms with E-state index in [9.17, 15) is 5.11 Å². The van der Waals surface area contributed by atoms with Gasteiger partial charge in [-0.1, -0.05) is 42.5 Å². The minimum Gasteiger partial charge on any atom is -0.497 e. The lowest BCUT2D eigenvalue weighted by atomic mass is 10.00. The topological polar surface area (TPSA) is 54.4 Å². The number of methoxy groups -OCH3 is 1. The van der Waals surface area contributed by atoms with E-state index in [-0.39, 0.29) is 15.7 Å². The Kier molecular flexibility index (Phi) is 5.75. The van der Waals surface area contributed by atoms with Crippen molar-refractivity contribution in [3.63, 3.8) is 0 Å². The standard InChI is InChI=1S/C23H28N2O4S2/c1-24-20(26)22(14-28-13-16-7-5-4-6-8-16)25(2)21-23(24,15-29-21)31-19(30-22)17-9-11-18(27-3)12-10-17/h4-12,19-21,26H,13-15H2,1-3H3/t19?,20?,21?,22?,23-/m0/s1. The smallest absolute Gasteiger partial charge is 0.142 e. The van der Waals surface area contributed by atoms with Crippen molar-refractivity contribution in [3.05, 3.63) is 65.7 Å². The van der Waals surface area contributed by atoms with Crippen molar-refractivity contribution in [2.24, 2.45) is 0 Å². The monoisotopic (exact) mass is 460 g/mol. The van der Waals surface area contributed by atoms with Gasteiger partial charge < -0.3 is 19.3 Å². The molecule has 1 N–H and O–H groups in total. The van der Waals surface area contributed by atoms with Crippen molar-refractivity contribution < 1.29 is 19.3 Å². The number of rotatable bonds is 6. The minimum absolute atomic E-state index is 0.0954. The number of fused-ring (bicyclic) bond motifs is 3. The number of piperazine rings is 1. The Morgan fingerprint density at radius 2 is 1.81 bits per heavy atom. The molecule has 166 valence electrons. The Bertz CT molecular complexity index is 902. The second kappa shape index (κ2) is 8.26. The third kappa shape index (κ3) is 3.40. The number of thioether (sulfide) groups is 2. The fourth-order valence-electron chi connectivity index (χ4n) is 4.59. The summed E-state index contributed by atoms with van der Waals surface area (Å²) >= 11 is 3.62. The summed E-state index contributed by atoms with van der Waals surface area (Å²) in [5, 5.41) is 11.5. The third-order valence-electron chi connectivity index (χ3n) is 6.58. The van der Waals surface area contributed by atoms with Gasteiger partial charge in [0.05, 0.1) is 31.5 Å². The number of hydrogen-bond donors (Lipinski definition) is 1. The summed E-state index contributed by atoms with van der Waals surface area (Å²) < 4.78 is 17.7. The van der Waals surface area contributed by atoms with E-state index < -0.39 is 11.1 Å². The molecule has 0 amide bonds. The predicted molar refractivity (Wildman–Crippen MR) is 124 cm³/mol. The number of hydrogen-bond acceptors (Lipinski definition) is 8. The van der Waals surface area contributed by atoms with E-state index in [1.54, 1.807) is 18.9 Å². The first-order valence-electron chi connectivity index (χ1n) is 10.4. The van der Waals surface area contributed by atoms with Crippen LogP contribution < -0.4 is 4.74 Å². The van der Waals surface area contributed by atoms with E-state index in [4.69, 9.17) is 14.2 Å². The quantitative estimate of drug-likeness (QED) is 0.705. The molecule has 2 aromatic carbocycles. The summed E-state index contributed by atoms with van der Waals surface area (Å²) in [5.74, 6) is 0.841. The Morgan fingerprint density at radius 3 is 2.45 bits per heavy atom. The Labute approximate surface area is 191 Å². The molecule has 4 unspecified atom stereocenters. The van der Waals surface area contributed by atoms with E-state index in [1.807, 2.05) is 56.2 Å². The Hall–Kier alpha value is -1.26. The van der Waals surface area contributed by atoms with Crippen molar-refractivity contribution >= 4 is 23.5 Å². The first-order valence-corrected chi connectivity index (χ1v) is 12.1. The number of nitrogens with zero attached hydrogens (tertiary/aromatic N) is 2. The number of aliphatic hydroxyl groups is 1. The highest BCUT2D eigenvalue weighted by molar-refractivity contribution is 8.17. The van der Waals surface area contributed by atoms with Gasteiger partial charge in [0.15, 0.2) is 0 Å². The molecule has 0 radical (unpaired) electrons. The maximum absolute atomic E-state index is 11.5. The van der Waals surface area contributed by atoms with Crippen LogP contribution in [0.15, 0.2) is 54.6 Å². The van der Waals surface area contributed by atoms with E-state index in [0.29, 0.717) is 19.8 Å². The average Bonchev–Trinajstić information content (AvgIpc) is 2.93. The van der Waals surface area contributed by atoms with Crippen molar-refractivity contribution in [2.45, 2.75) is 33.4 Å². The molecular formula is C23H28N2O4S2. The van der Waals surface area contributed by atoms with Gasteiger partial charge in [-0.15, -0.1) is 23.5 Å². The van der Waals surface area contributed by atoms with Crippen LogP contribution in [-0.2, 0) is 16.1 Å². The molecule has 4 aliphatic heterocycles. The molecule has 0 aliphatic carbocycles. The summed E-state index contributed by atoms with van der Waals surface area (Å²) in [5.41, 5.74) is 2.32. The van der Waals surface area contributed by atoms with Crippen molar-refractivity contribution in [1.29, 1.82) is 0 Å². The van der Waals surface area contributed by atoms with Crippen LogP contribution in [-0.4, -0.2) is 71.5 Å². The molecule has 31 heavy (non-hydrogen) atoms. The zero-order valence-corrected chi connectivity index (χ0v) is 19.6. The second-order valence-corrected chi connectivity index (χ2v) is 11.4. The van der Waals surface area contributed by atoms with Crippen LogP contribution in [0.4, 0.5) is 0 Å². The van der Waals surface area contributed by atoms with Crippen LogP contribution in [0.25, 0.3) is 0 Å². The molecule has 6 nitrogen and oxygen atoms in total. The molecule has 2 aromatic rings. The SMILES string of the molecule is COc1ccc(C2SC3(COCc4ccccc4)C(O)N(C)[C@@]4(COC4N3C)S2)cc1.